The Labute approximate surface area is 127 Å². The molecule has 0 bridgehead atoms. The van der Waals surface area contributed by atoms with Crippen LogP contribution in [0, 0.1) is 5.92 Å². The highest BCUT2D eigenvalue weighted by atomic mass is 16.4. The zero-order chi connectivity index (χ0) is 15.7. The van der Waals surface area contributed by atoms with E-state index in [4.69, 9.17) is 13.9 Å². The third kappa shape index (κ3) is 2.64. The molecule has 22 heavy (non-hydrogen) atoms. The molecule has 1 saturated heterocycles. The molecule has 6 heteroatoms. The number of amides is 1. The lowest BCUT2D eigenvalue weighted by Crippen LogP contribution is -2.40. The van der Waals surface area contributed by atoms with Gasteiger partial charge in [0.2, 0.25) is 5.76 Å². The molecular weight excluding hydrogens is 286 g/mol. The first-order valence-corrected chi connectivity index (χ1v) is 7.23. The fraction of sp³-hybridized carbons (Fsp3) is 0.375. The van der Waals surface area contributed by atoms with E-state index in [1.165, 1.54) is 12.1 Å². The van der Waals surface area contributed by atoms with Crippen LogP contribution in [0.5, 0.6) is 0 Å². The molecule has 2 aromatic heterocycles. The van der Waals surface area contributed by atoms with Crippen LogP contribution >= 0.6 is 0 Å². The van der Waals surface area contributed by atoms with Gasteiger partial charge < -0.3 is 18.8 Å². The minimum Gasteiger partial charge on any atom is -0.475 e. The number of hydrogen-bond donors (Lipinski definition) is 1. The summed E-state index contributed by atoms with van der Waals surface area (Å²) < 4.78 is 10.6. The minimum atomic E-state index is -1.19. The third-order valence-electron chi connectivity index (χ3n) is 4.02. The van der Waals surface area contributed by atoms with Crippen molar-refractivity contribution in [1.29, 1.82) is 0 Å². The molecule has 3 heterocycles. The van der Waals surface area contributed by atoms with Crippen LogP contribution in [0.4, 0.5) is 0 Å². The lowest BCUT2D eigenvalue weighted by molar-refractivity contribution is 0.0484. The van der Waals surface area contributed by atoms with E-state index in [0.717, 1.165) is 18.6 Å². The molecule has 0 aromatic carbocycles. The van der Waals surface area contributed by atoms with E-state index in [0.29, 0.717) is 12.5 Å². The maximum Gasteiger partial charge on any atom is 0.371 e. The van der Waals surface area contributed by atoms with Gasteiger partial charge in [-0.3, -0.25) is 4.79 Å². The number of nitrogens with zero attached hydrogens (tertiary/aromatic N) is 1. The Kier molecular flexibility index (Phi) is 3.75. The number of likely N-dealkylation sites (tertiary alicyclic amines) is 1. The molecule has 1 aliphatic rings. The second-order valence-corrected chi connectivity index (χ2v) is 5.63. The van der Waals surface area contributed by atoms with Gasteiger partial charge in [-0.05, 0) is 43.0 Å². The van der Waals surface area contributed by atoms with E-state index in [-0.39, 0.29) is 23.5 Å². The van der Waals surface area contributed by atoms with Crippen molar-refractivity contribution < 1.29 is 23.5 Å². The highest BCUT2D eigenvalue weighted by Gasteiger charge is 2.34. The number of hydrogen-bond acceptors (Lipinski definition) is 4. The van der Waals surface area contributed by atoms with Crippen LogP contribution in [-0.2, 0) is 0 Å². The van der Waals surface area contributed by atoms with Crippen LogP contribution in [-0.4, -0.2) is 28.4 Å². The number of aromatic carboxylic acids is 1. The first-order chi connectivity index (χ1) is 10.6. The molecule has 3 rings (SSSR count). The monoisotopic (exact) mass is 303 g/mol. The van der Waals surface area contributed by atoms with E-state index in [2.05, 4.69) is 6.92 Å². The van der Waals surface area contributed by atoms with E-state index >= 15 is 0 Å². The van der Waals surface area contributed by atoms with Crippen LogP contribution in [0.3, 0.4) is 0 Å². The fourth-order valence-corrected chi connectivity index (χ4v) is 2.84. The maximum absolute atomic E-state index is 12.6. The van der Waals surface area contributed by atoms with Crippen molar-refractivity contribution in [2.24, 2.45) is 5.92 Å². The van der Waals surface area contributed by atoms with E-state index in [1.807, 2.05) is 6.07 Å². The summed E-state index contributed by atoms with van der Waals surface area (Å²) in [4.78, 5) is 25.2. The molecule has 1 aliphatic heterocycles. The quantitative estimate of drug-likeness (QED) is 0.941. The molecule has 1 N–H and O–H groups in total. The normalized spacial score (nSPS) is 21.8. The van der Waals surface area contributed by atoms with Gasteiger partial charge >= 0.3 is 5.97 Å². The number of carbonyl (C=O) groups excluding carboxylic acids is 1. The highest BCUT2D eigenvalue weighted by molar-refractivity contribution is 5.93. The number of furan rings is 2. The fourth-order valence-electron chi connectivity index (χ4n) is 2.84. The van der Waals surface area contributed by atoms with Crippen LogP contribution < -0.4 is 0 Å². The molecule has 2 atom stereocenters. The average Bonchev–Trinajstić information content (AvgIpc) is 3.18. The van der Waals surface area contributed by atoms with Crippen LogP contribution in [0.2, 0.25) is 0 Å². The maximum atomic E-state index is 12.6. The molecule has 6 nitrogen and oxygen atoms in total. The topological polar surface area (TPSA) is 83.9 Å². The molecule has 0 spiro atoms. The summed E-state index contributed by atoms with van der Waals surface area (Å²) in [6.07, 6.45) is 3.30. The zero-order valence-electron chi connectivity index (χ0n) is 12.2. The van der Waals surface area contributed by atoms with Crippen molar-refractivity contribution in [3.05, 3.63) is 47.8 Å². The van der Waals surface area contributed by atoms with Crippen molar-refractivity contribution in [2.45, 2.75) is 25.8 Å². The molecule has 1 amide bonds. The first kappa shape index (κ1) is 14.4. The predicted molar refractivity (Wildman–Crippen MR) is 76.6 cm³/mol. The van der Waals surface area contributed by atoms with Gasteiger partial charge in [0.05, 0.1) is 12.3 Å². The zero-order valence-corrected chi connectivity index (χ0v) is 12.2. The number of carbonyl (C=O) groups is 2. The van der Waals surface area contributed by atoms with Crippen molar-refractivity contribution >= 4 is 11.9 Å². The molecule has 0 saturated carbocycles. The number of piperidine rings is 1. The Bertz CT molecular complexity index is 673. The molecule has 1 fully saturated rings. The van der Waals surface area contributed by atoms with Gasteiger partial charge in [0.1, 0.15) is 5.76 Å². The number of carboxylic acid groups (broad SMARTS) is 1. The van der Waals surface area contributed by atoms with Crippen molar-refractivity contribution in [3.63, 3.8) is 0 Å². The molecule has 0 unspecified atom stereocenters. The second kappa shape index (κ2) is 5.71. The van der Waals surface area contributed by atoms with E-state index in [9.17, 15) is 9.59 Å². The largest absolute Gasteiger partial charge is 0.475 e. The number of carboxylic acids is 1. The summed E-state index contributed by atoms with van der Waals surface area (Å²) in [6, 6.07) is 6.21. The summed E-state index contributed by atoms with van der Waals surface area (Å²) in [7, 11) is 0. The van der Waals surface area contributed by atoms with Crippen LogP contribution in [0.1, 0.15) is 52.7 Å². The standard InChI is InChI=1S/C16H17NO5/c1-10-6-7-17(11(9-10)12-3-2-8-21-12)15(18)13-4-5-14(22-13)16(19)20/h2-5,8,10-11H,6-7,9H2,1H3,(H,19,20)/t10-,11-/m1/s1. The Morgan fingerprint density at radius 2 is 2.05 bits per heavy atom. The second-order valence-electron chi connectivity index (χ2n) is 5.63. The first-order valence-electron chi connectivity index (χ1n) is 7.23. The summed E-state index contributed by atoms with van der Waals surface area (Å²) in [5.74, 6) is -0.447. The molecule has 116 valence electrons. The van der Waals surface area contributed by atoms with E-state index in [1.54, 1.807) is 17.2 Å². The van der Waals surface area contributed by atoms with Crippen molar-refractivity contribution in [1.82, 2.24) is 4.90 Å². The summed E-state index contributed by atoms with van der Waals surface area (Å²) >= 11 is 0. The van der Waals surface area contributed by atoms with E-state index < -0.39 is 5.97 Å². The lowest BCUT2D eigenvalue weighted by atomic mass is 9.91. The van der Waals surface area contributed by atoms with Crippen LogP contribution in [0.25, 0.3) is 0 Å². The van der Waals surface area contributed by atoms with Gasteiger partial charge in [-0.25, -0.2) is 4.79 Å². The highest BCUT2D eigenvalue weighted by Crippen LogP contribution is 2.35. The van der Waals surface area contributed by atoms with Crippen molar-refractivity contribution in [3.8, 4) is 0 Å². The molecule has 0 radical (unpaired) electrons. The Balaban J connectivity index is 1.86. The van der Waals surface area contributed by atoms with Gasteiger partial charge in [-0.15, -0.1) is 0 Å². The van der Waals surface area contributed by atoms with Gasteiger partial charge in [0, 0.05) is 6.54 Å². The summed E-state index contributed by atoms with van der Waals surface area (Å²) in [6.45, 7) is 2.74. The molecular formula is C16H17NO5. The average molecular weight is 303 g/mol. The minimum absolute atomic E-state index is 0.0449. The Morgan fingerprint density at radius 1 is 1.27 bits per heavy atom. The summed E-state index contributed by atoms with van der Waals surface area (Å²) in [5.41, 5.74) is 0. The van der Waals surface area contributed by atoms with Gasteiger partial charge in [0.25, 0.3) is 5.91 Å². The Hall–Kier alpha value is -2.50. The van der Waals surface area contributed by atoms with Gasteiger partial charge in [0.15, 0.2) is 5.76 Å². The number of rotatable bonds is 3. The third-order valence-corrected chi connectivity index (χ3v) is 4.02. The molecule has 0 aliphatic carbocycles. The lowest BCUT2D eigenvalue weighted by Gasteiger charge is -2.36. The molecule has 2 aromatic rings. The smallest absolute Gasteiger partial charge is 0.371 e. The SMILES string of the molecule is C[C@@H]1CCN(C(=O)c2ccc(C(=O)O)o2)[C@@H](c2ccco2)C1. The van der Waals surface area contributed by atoms with Crippen LogP contribution in [0.15, 0.2) is 39.4 Å². The summed E-state index contributed by atoms with van der Waals surface area (Å²) in [5, 5.41) is 8.89. The van der Waals surface area contributed by atoms with Crippen molar-refractivity contribution in [2.75, 3.05) is 6.54 Å². The van der Waals surface area contributed by atoms with Gasteiger partial charge in [-0.1, -0.05) is 6.92 Å². The van der Waals surface area contributed by atoms with Gasteiger partial charge in [-0.2, -0.15) is 0 Å². The predicted octanol–water partition coefficient (Wildman–Crippen LogP) is 3.18. The Morgan fingerprint density at radius 3 is 2.68 bits per heavy atom.